The van der Waals surface area contributed by atoms with Crippen molar-refractivity contribution in [3.05, 3.63) is 17.9 Å². The van der Waals surface area contributed by atoms with Gasteiger partial charge in [0, 0.05) is 26.7 Å². The first kappa shape index (κ1) is 17.4. The van der Waals surface area contributed by atoms with Gasteiger partial charge in [0.2, 0.25) is 5.09 Å². The third-order valence-corrected chi connectivity index (χ3v) is 5.38. The summed E-state index contributed by atoms with van der Waals surface area (Å²) >= 11 is 0. The molecule has 1 aromatic heterocycles. The molecule has 8 heteroatoms. The van der Waals surface area contributed by atoms with E-state index < -0.39 is 16.1 Å². The van der Waals surface area contributed by atoms with Gasteiger partial charge in [-0.2, -0.15) is 4.31 Å². The van der Waals surface area contributed by atoms with Crippen LogP contribution in [-0.4, -0.2) is 69.2 Å². The molecule has 1 unspecified atom stereocenters. The van der Waals surface area contributed by atoms with E-state index >= 15 is 0 Å². The van der Waals surface area contributed by atoms with Crippen LogP contribution in [0.5, 0.6) is 0 Å². The molecule has 1 atom stereocenters. The molecule has 1 aromatic rings. The number of furan rings is 1. The van der Waals surface area contributed by atoms with Crippen molar-refractivity contribution in [3.63, 3.8) is 0 Å². The third kappa shape index (κ3) is 4.30. The summed E-state index contributed by atoms with van der Waals surface area (Å²) in [5, 5.41) is 9.67. The molecule has 0 aliphatic carbocycles. The van der Waals surface area contributed by atoms with Crippen LogP contribution in [-0.2, 0) is 21.3 Å². The minimum Gasteiger partial charge on any atom is -0.447 e. The highest BCUT2D eigenvalue weighted by atomic mass is 32.2. The Bertz CT molecular complexity index is 566. The van der Waals surface area contributed by atoms with Gasteiger partial charge >= 0.3 is 0 Å². The van der Waals surface area contributed by atoms with Crippen molar-refractivity contribution in [2.75, 3.05) is 40.4 Å². The van der Waals surface area contributed by atoms with Gasteiger partial charge in [0.25, 0.3) is 10.0 Å². The van der Waals surface area contributed by atoms with E-state index in [0.717, 1.165) is 12.8 Å². The van der Waals surface area contributed by atoms with Crippen molar-refractivity contribution in [1.29, 1.82) is 0 Å². The molecule has 0 aromatic carbocycles. The van der Waals surface area contributed by atoms with Crippen molar-refractivity contribution in [3.8, 4) is 0 Å². The first-order valence-corrected chi connectivity index (χ1v) is 8.82. The number of methoxy groups -OCH3 is 1. The van der Waals surface area contributed by atoms with Crippen molar-refractivity contribution >= 4 is 10.0 Å². The number of hydrogen-bond acceptors (Lipinski definition) is 6. The number of aliphatic hydroxyl groups excluding tert-OH is 1. The van der Waals surface area contributed by atoms with E-state index in [2.05, 4.69) is 0 Å². The lowest BCUT2D eigenvalue weighted by Crippen LogP contribution is -2.31. The summed E-state index contributed by atoms with van der Waals surface area (Å²) in [5.74, 6) is 0.560. The van der Waals surface area contributed by atoms with Crippen LogP contribution in [0.3, 0.4) is 0 Å². The van der Waals surface area contributed by atoms with Gasteiger partial charge in [-0.05, 0) is 32.0 Å². The molecule has 0 bridgehead atoms. The zero-order valence-electron chi connectivity index (χ0n) is 13.1. The molecule has 0 saturated carbocycles. The molecular formula is C14H24N2O5S. The Balaban J connectivity index is 1.96. The van der Waals surface area contributed by atoms with E-state index in [0.29, 0.717) is 31.9 Å². The van der Waals surface area contributed by atoms with E-state index in [9.17, 15) is 13.5 Å². The van der Waals surface area contributed by atoms with Gasteiger partial charge < -0.3 is 14.3 Å². The molecule has 0 amide bonds. The molecule has 7 nitrogen and oxygen atoms in total. The fourth-order valence-electron chi connectivity index (χ4n) is 2.57. The van der Waals surface area contributed by atoms with E-state index in [1.54, 1.807) is 6.07 Å². The lowest BCUT2D eigenvalue weighted by atomic mass is 10.3. The van der Waals surface area contributed by atoms with Gasteiger partial charge in [0.05, 0.1) is 19.3 Å². The second-order valence-corrected chi connectivity index (χ2v) is 7.51. The maximum absolute atomic E-state index is 12.4. The fraction of sp³-hybridized carbons (Fsp3) is 0.714. The minimum absolute atomic E-state index is 0.00441. The molecule has 1 N–H and O–H groups in total. The van der Waals surface area contributed by atoms with Crippen LogP contribution in [0.2, 0.25) is 0 Å². The van der Waals surface area contributed by atoms with Crippen molar-refractivity contribution in [2.45, 2.75) is 30.6 Å². The normalized spacial score (nSPS) is 18.2. The Morgan fingerprint density at radius 1 is 1.41 bits per heavy atom. The van der Waals surface area contributed by atoms with Crippen LogP contribution in [0.25, 0.3) is 0 Å². The molecule has 2 rings (SSSR count). The second kappa shape index (κ2) is 7.56. The topological polar surface area (TPSA) is 83.2 Å². The number of ether oxygens (including phenoxy) is 1. The Hall–Kier alpha value is -0.930. The van der Waals surface area contributed by atoms with Gasteiger partial charge in [-0.15, -0.1) is 0 Å². The highest BCUT2D eigenvalue weighted by Gasteiger charge is 2.30. The maximum atomic E-state index is 12.4. The monoisotopic (exact) mass is 332 g/mol. The first-order chi connectivity index (χ1) is 10.4. The molecule has 1 saturated heterocycles. The predicted molar refractivity (Wildman–Crippen MR) is 80.9 cm³/mol. The predicted octanol–water partition coefficient (Wildman–Crippen LogP) is 0.503. The number of sulfonamides is 1. The van der Waals surface area contributed by atoms with Gasteiger partial charge in [-0.3, -0.25) is 4.90 Å². The molecule has 0 radical (unpaired) electrons. The number of likely N-dealkylation sites (N-methyl/N-ethyl adjacent to an activating group) is 1. The standard InChI is InChI=1S/C14H24N2O5S/c1-15(9-12(17)11-20-2)10-13-5-6-14(21-13)22(18,19)16-7-3-4-8-16/h5-6,12,17H,3-4,7-11H2,1-2H3. The van der Waals surface area contributed by atoms with Crippen LogP contribution < -0.4 is 0 Å². The first-order valence-electron chi connectivity index (χ1n) is 7.38. The zero-order chi connectivity index (χ0) is 16.2. The maximum Gasteiger partial charge on any atom is 0.276 e. The highest BCUT2D eigenvalue weighted by molar-refractivity contribution is 7.89. The average molecular weight is 332 g/mol. The Morgan fingerprint density at radius 2 is 2.09 bits per heavy atom. The molecule has 0 spiro atoms. The Labute approximate surface area is 131 Å². The fourth-order valence-corrected chi connectivity index (χ4v) is 4.02. The SMILES string of the molecule is COCC(O)CN(C)Cc1ccc(S(=O)(=O)N2CCCC2)o1. The van der Waals surface area contributed by atoms with Gasteiger partial charge in [0.1, 0.15) is 5.76 Å². The summed E-state index contributed by atoms with van der Waals surface area (Å²) in [4.78, 5) is 1.86. The molecule has 2 heterocycles. The van der Waals surface area contributed by atoms with E-state index in [1.807, 2.05) is 11.9 Å². The van der Waals surface area contributed by atoms with Crippen LogP contribution in [0.4, 0.5) is 0 Å². The lowest BCUT2D eigenvalue weighted by molar-refractivity contribution is 0.0405. The smallest absolute Gasteiger partial charge is 0.276 e. The van der Waals surface area contributed by atoms with Crippen molar-refractivity contribution in [1.82, 2.24) is 9.21 Å². The largest absolute Gasteiger partial charge is 0.447 e. The molecule has 22 heavy (non-hydrogen) atoms. The Morgan fingerprint density at radius 3 is 2.73 bits per heavy atom. The van der Waals surface area contributed by atoms with Crippen molar-refractivity contribution < 1.29 is 22.7 Å². The summed E-state index contributed by atoms with van der Waals surface area (Å²) < 4.78 is 36.5. The molecule has 1 fully saturated rings. The van der Waals surface area contributed by atoms with E-state index in [-0.39, 0.29) is 11.7 Å². The second-order valence-electron chi connectivity index (χ2n) is 5.64. The van der Waals surface area contributed by atoms with Gasteiger partial charge in [0.15, 0.2) is 0 Å². The van der Waals surface area contributed by atoms with Crippen LogP contribution >= 0.6 is 0 Å². The molecule has 1 aliphatic heterocycles. The molecule has 1 aliphatic rings. The van der Waals surface area contributed by atoms with E-state index in [4.69, 9.17) is 9.15 Å². The lowest BCUT2D eigenvalue weighted by Gasteiger charge is -2.19. The summed E-state index contributed by atoms with van der Waals surface area (Å²) in [7, 11) is -0.144. The van der Waals surface area contributed by atoms with Crippen LogP contribution in [0.15, 0.2) is 21.6 Å². The summed E-state index contributed by atoms with van der Waals surface area (Å²) in [6.45, 7) is 2.22. The Kier molecular flexibility index (Phi) is 5.99. The zero-order valence-corrected chi connectivity index (χ0v) is 13.9. The van der Waals surface area contributed by atoms with Gasteiger partial charge in [-0.1, -0.05) is 0 Å². The van der Waals surface area contributed by atoms with Crippen molar-refractivity contribution in [2.24, 2.45) is 0 Å². The molecular weight excluding hydrogens is 308 g/mol. The van der Waals surface area contributed by atoms with Gasteiger partial charge in [-0.25, -0.2) is 8.42 Å². The number of aliphatic hydroxyl groups is 1. The quantitative estimate of drug-likeness (QED) is 0.746. The highest BCUT2D eigenvalue weighted by Crippen LogP contribution is 2.23. The molecule has 126 valence electrons. The van der Waals surface area contributed by atoms with Crippen LogP contribution in [0, 0.1) is 0 Å². The number of rotatable bonds is 8. The summed E-state index contributed by atoms with van der Waals surface area (Å²) in [6, 6.07) is 3.17. The summed E-state index contributed by atoms with van der Waals surface area (Å²) in [5.41, 5.74) is 0. The third-order valence-electron chi connectivity index (χ3n) is 3.60. The number of hydrogen-bond donors (Lipinski definition) is 1. The van der Waals surface area contributed by atoms with Crippen LogP contribution in [0.1, 0.15) is 18.6 Å². The number of nitrogens with zero attached hydrogens (tertiary/aromatic N) is 2. The van der Waals surface area contributed by atoms with E-state index in [1.165, 1.54) is 17.5 Å². The average Bonchev–Trinajstić information content (AvgIpc) is 3.09. The summed E-state index contributed by atoms with van der Waals surface area (Å²) in [6.07, 6.45) is 1.21. The minimum atomic E-state index is -3.51.